The zero-order chi connectivity index (χ0) is 34.5. The molecule has 0 radical (unpaired) electrons. The highest BCUT2D eigenvalue weighted by Gasteiger charge is 2.21. The van der Waals surface area contributed by atoms with Crippen LogP contribution in [0.1, 0.15) is 161 Å². The smallest absolute Gasteiger partial charge is 0.306 e. The molecule has 1 unspecified atom stereocenters. The van der Waals surface area contributed by atoms with Crippen molar-refractivity contribution in [3.8, 4) is 5.75 Å². The molecule has 4 N–H and O–H groups in total. The number of amides is 1. The van der Waals surface area contributed by atoms with E-state index in [2.05, 4.69) is 19.2 Å². The highest BCUT2D eigenvalue weighted by Crippen LogP contribution is 2.18. The standard InChI is InChI=1S/C38H66N2O6S/c1-4-6-8-10-12-14-16-18-20-22-36(42)45-28-34(46-37(43)23-21-19-17-15-13-11-9-7-5-2)29-47-30-35(39)38(44)40-31(3)32-24-26-33(41)27-25-32/h24-27,31,34-35,41H,4-23,28-30,39H2,1-3H3,(H,40,44)/t31?,34-,35+/m1/s1. The molecule has 0 saturated carbocycles. The molecule has 47 heavy (non-hydrogen) atoms. The fourth-order valence-corrected chi connectivity index (χ4v) is 6.32. The van der Waals surface area contributed by atoms with Crippen LogP contribution in [0.4, 0.5) is 0 Å². The Bertz CT molecular complexity index is 945. The molecule has 0 aromatic heterocycles. The van der Waals surface area contributed by atoms with Crippen LogP contribution in [-0.2, 0) is 23.9 Å². The van der Waals surface area contributed by atoms with Crippen LogP contribution in [0.25, 0.3) is 0 Å². The van der Waals surface area contributed by atoms with Crippen LogP contribution in [0, 0.1) is 0 Å². The van der Waals surface area contributed by atoms with Crippen LogP contribution in [0.5, 0.6) is 5.75 Å². The van der Waals surface area contributed by atoms with E-state index in [1.807, 2.05) is 6.92 Å². The van der Waals surface area contributed by atoms with Gasteiger partial charge in [0.15, 0.2) is 0 Å². The number of phenolic OH excluding ortho intramolecular Hbond substituents is 1. The van der Waals surface area contributed by atoms with Crippen molar-refractivity contribution in [2.75, 3.05) is 18.1 Å². The van der Waals surface area contributed by atoms with Gasteiger partial charge in [0.25, 0.3) is 0 Å². The van der Waals surface area contributed by atoms with Gasteiger partial charge in [0.05, 0.1) is 12.1 Å². The van der Waals surface area contributed by atoms with E-state index in [9.17, 15) is 19.5 Å². The predicted molar refractivity (Wildman–Crippen MR) is 194 cm³/mol. The number of phenols is 1. The quantitative estimate of drug-likeness (QED) is 0.0544. The average molecular weight is 679 g/mol. The summed E-state index contributed by atoms with van der Waals surface area (Å²) in [6.45, 7) is 6.31. The minimum Gasteiger partial charge on any atom is -0.508 e. The van der Waals surface area contributed by atoms with Gasteiger partial charge in [-0.05, 0) is 37.5 Å². The summed E-state index contributed by atoms with van der Waals surface area (Å²) in [6.07, 6.45) is 21.2. The van der Waals surface area contributed by atoms with E-state index in [-0.39, 0.29) is 36.2 Å². The summed E-state index contributed by atoms with van der Waals surface area (Å²) in [6, 6.07) is 5.64. The molecule has 9 heteroatoms. The summed E-state index contributed by atoms with van der Waals surface area (Å²) in [5.41, 5.74) is 7.03. The lowest BCUT2D eigenvalue weighted by atomic mass is 10.1. The van der Waals surface area contributed by atoms with Crippen LogP contribution in [0.2, 0.25) is 0 Å². The molecule has 0 fully saturated rings. The molecule has 8 nitrogen and oxygen atoms in total. The van der Waals surface area contributed by atoms with E-state index in [0.29, 0.717) is 24.3 Å². The Morgan fingerprint density at radius 2 is 1.19 bits per heavy atom. The summed E-state index contributed by atoms with van der Waals surface area (Å²) < 4.78 is 11.3. The Balaban J connectivity index is 2.45. The molecule has 0 spiro atoms. The largest absolute Gasteiger partial charge is 0.508 e. The molecule has 0 saturated heterocycles. The summed E-state index contributed by atoms with van der Waals surface area (Å²) in [5, 5.41) is 12.4. The predicted octanol–water partition coefficient (Wildman–Crippen LogP) is 8.93. The minimum absolute atomic E-state index is 0.00603. The lowest BCUT2D eigenvalue weighted by Crippen LogP contribution is -2.43. The molecule has 0 bridgehead atoms. The average Bonchev–Trinajstić information content (AvgIpc) is 3.05. The van der Waals surface area contributed by atoms with Crippen molar-refractivity contribution in [1.82, 2.24) is 5.32 Å². The summed E-state index contributed by atoms with van der Waals surface area (Å²) in [5.74, 6) is 0.0359. The third-order valence-corrected chi connectivity index (χ3v) is 9.59. The van der Waals surface area contributed by atoms with Crippen molar-refractivity contribution in [2.45, 2.75) is 167 Å². The number of esters is 2. The lowest BCUT2D eigenvalue weighted by Gasteiger charge is -2.20. The molecule has 0 heterocycles. The zero-order valence-electron chi connectivity index (χ0n) is 29.8. The number of unbranched alkanes of at least 4 members (excludes halogenated alkanes) is 16. The third-order valence-electron chi connectivity index (χ3n) is 8.39. The Kier molecular flexibility index (Phi) is 26.1. The molecule has 1 aromatic carbocycles. The third kappa shape index (κ3) is 23.7. The number of hydrogen-bond acceptors (Lipinski definition) is 8. The number of ether oxygens (including phenoxy) is 2. The second kappa shape index (κ2) is 28.7. The number of carbonyl (C=O) groups excluding carboxylic acids is 3. The number of aromatic hydroxyl groups is 1. The van der Waals surface area contributed by atoms with E-state index < -0.39 is 12.1 Å². The zero-order valence-corrected chi connectivity index (χ0v) is 30.6. The maximum absolute atomic E-state index is 12.7. The SMILES string of the molecule is CCCCCCCCCCCC(=O)OC[C@H](CSC[C@H](N)C(=O)NC(C)c1ccc(O)cc1)OC(=O)CCCCCCCCCCC. The van der Waals surface area contributed by atoms with Gasteiger partial charge < -0.3 is 25.6 Å². The Labute approximate surface area is 290 Å². The normalized spacial score (nSPS) is 13.1. The first kappa shape index (κ1) is 42.8. The van der Waals surface area contributed by atoms with Gasteiger partial charge in [-0.3, -0.25) is 14.4 Å². The number of carbonyl (C=O) groups is 3. The molecular weight excluding hydrogens is 612 g/mol. The molecular formula is C38H66N2O6S. The molecule has 1 amide bonds. The Hall–Kier alpha value is -2.26. The van der Waals surface area contributed by atoms with Crippen molar-refractivity contribution in [3.05, 3.63) is 29.8 Å². The molecule has 1 rings (SSSR count). The van der Waals surface area contributed by atoms with Crippen molar-refractivity contribution in [3.63, 3.8) is 0 Å². The van der Waals surface area contributed by atoms with Crippen molar-refractivity contribution >= 4 is 29.6 Å². The number of nitrogens with one attached hydrogen (secondary N) is 1. The maximum Gasteiger partial charge on any atom is 0.306 e. The number of thioether (sulfide) groups is 1. The van der Waals surface area contributed by atoms with E-state index in [4.69, 9.17) is 15.2 Å². The van der Waals surface area contributed by atoms with Gasteiger partial charge in [0, 0.05) is 24.3 Å². The molecule has 0 aliphatic heterocycles. The van der Waals surface area contributed by atoms with Gasteiger partial charge in [-0.25, -0.2) is 0 Å². The number of benzene rings is 1. The van der Waals surface area contributed by atoms with Crippen LogP contribution in [-0.4, -0.2) is 53.2 Å². The molecule has 270 valence electrons. The highest BCUT2D eigenvalue weighted by molar-refractivity contribution is 7.99. The van der Waals surface area contributed by atoms with E-state index >= 15 is 0 Å². The first-order valence-corrected chi connectivity index (χ1v) is 19.7. The number of rotatable bonds is 30. The van der Waals surface area contributed by atoms with Crippen molar-refractivity contribution in [1.29, 1.82) is 0 Å². The highest BCUT2D eigenvalue weighted by atomic mass is 32.2. The first-order chi connectivity index (χ1) is 22.8. The Morgan fingerprint density at radius 3 is 1.70 bits per heavy atom. The van der Waals surface area contributed by atoms with E-state index in [1.165, 1.54) is 88.8 Å². The van der Waals surface area contributed by atoms with Gasteiger partial charge >= 0.3 is 11.9 Å². The Morgan fingerprint density at radius 1 is 0.723 bits per heavy atom. The van der Waals surface area contributed by atoms with Gasteiger partial charge in [-0.1, -0.05) is 129 Å². The number of hydrogen-bond donors (Lipinski definition) is 3. The number of nitrogens with two attached hydrogens (primary N) is 1. The van der Waals surface area contributed by atoms with E-state index in [0.717, 1.165) is 44.1 Å². The van der Waals surface area contributed by atoms with Gasteiger partial charge in [0.2, 0.25) is 5.91 Å². The fourth-order valence-electron chi connectivity index (χ4n) is 5.35. The summed E-state index contributed by atoms with van der Waals surface area (Å²) in [7, 11) is 0. The van der Waals surface area contributed by atoms with Crippen LogP contribution < -0.4 is 11.1 Å². The van der Waals surface area contributed by atoms with Gasteiger partial charge in [-0.2, -0.15) is 11.8 Å². The van der Waals surface area contributed by atoms with Gasteiger partial charge in [0.1, 0.15) is 18.5 Å². The monoisotopic (exact) mass is 678 g/mol. The second-order valence-corrected chi connectivity index (χ2v) is 14.0. The fraction of sp³-hybridized carbons (Fsp3) is 0.763. The topological polar surface area (TPSA) is 128 Å². The van der Waals surface area contributed by atoms with Crippen molar-refractivity contribution in [2.24, 2.45) is 5.73 Å². The van der Waals surface area contributed by atoms with Gasteiger partial charge in [-0.15, -0.1) is 0 Å². The maximum atomic E-state index is 12.7. The lowest BCUT2D eigenvalue weighted by molar-refractivity contribution is -0.157. The second-order valence-electron chi connectivity index (χ2n) is 12.9. The minimum atomic E-state index is -0.757. The molecule has 1 aromatic rings. The molecule has 0 aliphatic carbocycles. The van der Waals surface area contributed by atoms with Crippen LogP contribution >= 0.6 is 11.8 Å². The molecule has 0 aliphatic rings. The van der Waals surface area contributed by atoms with Crippen LogP contribution in [0.15, 0.2) is 24.3 Å². The van der Waals surface area contributed by atoms with E-state index in [1.54, 1.807) is 24.3 Å². The summed E-state index contributed by atoms with van der Waals surface area (Å²) >= 11 is 1.41. The van der Waals surface area contributed by atoms with Crippen LogP contribution in [0.3, 0.4) is 0 Å². The van der Waals surface area contributed by atoms with Crippen molar-refractivity contribution < 1.29 is 29.0 Å². The molecule has 3 atom stereocenters. The first-order valence-electron chi connectivity index (χ1n) is 18.5. The summed E-state index contributed by atoms with van der Waals surface area (Å²) in [4.78, 5) is 37.8.